The molecule has 4 rings (SSSR count). The Morgan fingerprint density at radius 1 is 1.16 bits per heavy atom. The molecular formula is C25H27N3O3. The first-order valence-corrected chi connectivity index (χ1v) is 10.6. The Hall–Kier alpha value is -3.22. The van der Waals surface area contributed by atoms with Gasteiger partial charge in [-0.15, -0.1) is 0 Å². The fourth-order valence-corrected chi connectivity index (χ4v) is 4.10. The van der Waals surface area contributed by atoms with Gasteiger partial charge in [0.2, 0.25) is 0 Å². The van der Waals surface area contributed by atoms with Crippen molar-refractivity contribution in [2.24, 2.45) is 0 Å². The van der Waals surface area contributed by atoms with Crippen LogP contribution in [-0.4, -0.2) is 40.8 Å². The summed E-state index contributed by atoms with van der Waals surface area (Å²) in [6.45, 7) is 4.97. The molecule has 1 aliphatic rings. The van der Waals surface area contributed by atoms with E-state index in [0.29, 0.717) is 0 Å². The Kier molecular flexibility index (Phi) is 6.60. The molecule has 0 saturated heterocycles. The summed E-state index contributed by atoms with van der Waals surface area (Å²) in [5, 5.41) is 12.8. The van der Waals surface area contributed by atoms with Crippen molar-refractivity contribution in [3.05, 3.63) is 82.6 Å². The Labute approximate surface area is 182 Å². The first-order valence-electron chi connectivity index (χ1n) is 10.6. The summed E-state index contributed by atoms with van der Waals surface area (Å²) in [6, 6.07) is 16.5. The molecule has 1 amide bonds. The molecule has 6 nitrogen and oxygen atoms in total. The SMILES string of the molecule is Cc1noc(-c2ccccc2)c1CCN1CCc2ccc(C=CC(=O)NO)cc2CC1. The van der Waals surface area contributed by atoms with Gasteiger partial charge in [-0.3, -0.25) is 10.0 Å². The fourth-order valence-electron chi connectivity index (χ4n) is 4.10. The van der Waals surface area contributed by atoms with Gasteiger partial charge in [-0.2, -0.15) is 0 Å². The average Bonchev–Trinajstić information content (AvgIpc) is 3.05. The zero-order valence-corrected chi connectivity index (χ0v) is 17.7. The molecule has 0 bridgehead atoms. The molecule has 6 heteroatoms. The van der Waals surface area contributed by atoms with E-state index in [4.69, 9.17) is 9.73 Å². The largest absolute Gasteiger partial charge is 0.356 e. The predicted molar refractivity (Wildman–Crippen MR) is 120 cm³/mol. The summed E-state index contributed by atoms with van der Waals surface area (Å²) < 4.78 is 5.64. The predicted octanol–water partition coefficient (Wildman–Crippen LogP) is 3.81. The number of hydroxylamine groups is 1. The number of nitrogens with zero attached hydrogens (tertiary/aromatic N) is 2. The van der Waals surface area contributed by atoms with Crippen LogP contribution in [0.5, 0.6) is 0 Å². The highest BCUT2D eigenvalue weighted by Crippen LogP contribution is 2.27. The summed E-state index contributed by atoms with van der Waals surface area (Å²) in [4.78, 5) is 13.7. The average molecular weight is 418 g/mol. The standard InChI is InChI=1S/C25H27N3O3/c1-18-23(25(31-27-18)21-5-3-2-4-6-21)13-16-28-14-11-20-9-7-19(8-10-24(29)26-30)17-22(20)12-15-28/h2-10,17,30H,11-16H2,1H3,(H,26,29). The van der Waals surface area contributed by atoms with Crippen molar-refractivity contribution >= 4 is 12.0 Å². The van der Waals surface area contributed by atoms with E-state index in [1.165, 1.54) is 22.8 Å². The number of carbonyl (C=O) groups excluding carboxylic acids is 1. The van der Waals surface area contributed by atoms with Crippen LogP contribution in [0.3, 0.4) is 0 Å². The summed E-state index contributed by atoms with van der Waals surface area (Å²) in [7, 11) is 0. The maximum absolute atomic E-state index is 11.2. The van der Waals surface area contributed by atoms with Gasteiger partial charge in [0, 0.05) is 36.8 Å². The number of rotatable bonds is 6. The zero-order chi connectivity index (χ0) is 21.6. The van der Waals surface area contributed by atoms with Crippen LogP contribution in [0.1, 0.15) is 27.9 Å². The fraction of sp³-hybridized carbons (Fsp3) is 0.280. The monoisotopic (exact) mass is 417 g/mol. The quantitative estimate of drug-likeness (QED) is 0.362. The number of hydrogen-bond acceptors (Lipinski definition) is 5. The Bertz CT molecular complexity index is 1070. The minimum Gasteiger partial charge on any atom is -0.356 e. The van der Waals surface area contributed by atoms with Crippen LogP contribution in [0.4, 0.5) is 0 Å². The normalized spacial score (nSPS) is 14.4. The lowest BCUT2D eigenvalue weighted by molar-refractivity contribution is -0.124. The van der Waals surface area contributed by atoms with E-state index < -0.39 is 5.91 Å². The lowest BCUT2D eigenvalue weighted by atomic mass is 10.00. The first kappa shape index (κ1) is 21.0. The molecule has 2 aromatic carbocycles. The van der Waals surface area contributed by atoms with E-state index in [-0.39, 0.29) is 0 Å². The topological polar surface area (TPSA) is 78.6 Å². The van der Waals surface area contributed by atoms with Crippen LogP contribution in [0.25, 0.3) is 17.4 Å². The number of fused-ring (bicyclic) bond motifs is 1. The summed E-state index contributed by atoms with van der Waals surface area (Å²) in [5.74, 6) is 0.347. The van der Waals surface area contributed by atoms with Crippen molar-refractivity contribution in [1.82, 2.24) is 15.5 Å². The van der Waals surface area contributed by atoms with Crippen molar-refractivity contribution in [3.8, 4) is 11.3 Å². The van der Waals surface area contributed by atoms with Gasteiger partial charge in [0.05, 0.1) is 5.69 Å². The molecule has 0 atom stereocenters. The number of aryl methyl sites for hydroxylation is 1. The highest BCUT2D eigenvalue weighted by Gasteiger charge is 2.18. The molecule has 2 heterocycles. The lowest BCUT2D eigenvalue weighted by Gasteiger charge is -2.19. The van der Waals surface area contributed by atoms with Crippen LogP contribution < -0.4 is 5.48 Å². The summed E-state index contributed by atoms with van der Waals surface area (Å²) >= 11 is 0. The van der Waals surface area contributed by atoms with Crippen LogP contribution in [0.15, 0.2) is 59.1 Å². The molecule has 31 heavy (non-hydrogen) atoms. The van der Waals surface area contributed by atoms with Gasteiger partial charge in [0.25, 0.3) is 5.91 Å². The van der Waals surface area contributed by atoms with Crippen molar-refractivity contribution in [1.29, 1.82) is 0 Å². The minimum absolute atomic E-state index is 0.528. The molecule has 0 unspecified atom stereocenters. The molecule has 160 valence electrons. The Balaban J connectivity index is 1.41. The van der Waals surface area contributed by atoms with Crippen molar-refractivity contribution in [2.75, 3.05) is 19.6 Å². The highest BCUT2D eigenvalue weighted by atomic mass is 16.5. The van der Waals surface area contributed by atoms with Gasteiger partial charge in [-0.25, -0.2) is 5.48 Å². The zero-order valence-electron chi connectivity index (χ0n) is 17.7. The molecule has 0 radical (unpaired) electrons. The number of benzene rings is 2. The Morgan fingerprint density at radius 3 is 2.71 bits per heavy atom. The van der Waals surface area contributed by atoms with Gasteiger partial charge in [-0.05, 0) is 49.0 Å². The van der Waals surface area contributed by atoms with E-state index in [9.17, 15) is 4.79 Å². The highest BCUT2D eigenvalue weighted by molar-refractivity contribution is 5.90. The summed E-state index contributed by atoms with van der Waals surface area (Å²) in [5.41, 5.74) is 8.46. The van der Waals surface area contributed by atoms with Crippen LogP contribution in [-0.2, 0) is 24.1 Å². The van der Waals surface area contributed by atoms with E-state index in [2.05, 4.69) is 34.3 Å². The second-order valence-electron chi connectivity index (χ2n) is 7.87. The van der Waals surface area contributed by atoms with Crippen molar-refractivity contribution < 1.29 is 14.5 Å². The number of carbonyl (C=O) groups is 1. The second kappa shape index (κ2) is 9.73. The van der Waals surface area contributed by atoms with E-state index in [1.807, 2.05) is 31.2 Å². The smallest absolute Gasteiger partial charge is 0.267 e. The molecule has 1 aliphatic heterocycles. The molecule has 2 N–H and O–H groups in total. The summed E-state index contributed by atoms with van der Waals surface area (Å²) in [6.07, 6.45) is 5.92. The molecule has 0 saturated carbocycles. The molecule has 0 aliphatic carbocycles. The van der Waals surface area contributed by atoms with E-state index in [0.717, 1.165) is 61.5 Å². The third-order valence-electron chi connectivity index (χ3n) is 5.86. The third-order valence-corrected chi connectivity index (χ3v) is 5.86. The van der Waals surface area contributed by atoms with Crippen molar-refractivity contribution in [2.45, 2.75) is 26.2 Å². The minimum atomic E-state index is -0.528. The van der Waals surface area contributed by atoms with Gasteiger partial charge >= 0.3 is 0 Å². The van der Waals surface area contributed by atoms with E-state index >= 15 is 0 Å². The van der Waals surface area contributed by atoms with Crippen molar-refractivity contribution in [3.63, 3.8) is 0 Å². The molecule has 0 spiro atoms. The van der Waals surface area contributed by atoms with Crippen LogP contribution in [0, 0.1) is 6.92 Å². The number of aromatic nitrogens is 1. The maximum Gasteiger partial charge on any atom is 0.267 e. The number of amides is 1. The number of hydrogen-bond donors (Lipinski definition) is 2. The second-order valence-corrected chi connectivity index (χ2v) is 7.87. The van der Waals surface area contributed by atoms with Crippen LogP contribution in [0.2, 0.25) is 0 Å². The van der Waals surface area contributed by atoms with E-state index in [1.54, 1.807) is 11.6 Å². The molecule has 1 aromatic heterocycles. The van der Waals surface area contributed by atoms with Crippen LogP contribution >= 0.6 is 0 Å². The Morgan fingerprint density at radius 2 is 1.94 bits per heavy atom. The molecular weight excluding hydrogens is 390 g/mol. The molecule has 0 fully saturated rings. The van der Waals surface area contributed by atoms with Gasteiger partial charge in [-0.1, -0.05) is 53.7 Å². The molecule has 3 aromatic rings. The maximum atomic E-state index is 11.2. The van der Waals surface area contributed by atoms with Gasteiger partial charge in [0.15, 0.2) is 5.76 Å². The number of nitrogens with one attached hydrogen (secondary N) is 1. The lowest BCUT2D eigenvalue weighted by Crippen LogP contribution is -2.28. The first-order chi connectivity index (χ1) is 15.1. The third kappa shape index (κ3) is 5.10. The van der Waals surface area contributed by atoms with Gasteiger partial charge < -0.3 is 9.42 Å². The van der Waals surface area contributed by atoms with Gasteiger partial charge in [0.1, 0.15) is 0 Å².